The van der Waals surface area contributed by atoms with Gasteiger partial charge in [-0.15, -0.1) is 10.2 Å². The van der Waals surface area contributed by atoms with Crippen molar-refractivity contribution < 1.29 is 9.90 Å². The summed E-state index contributed by atoms with van der Waals surface area (Å²) in [4.78, 5) is 11.5. The first-order valence-corrected chi connectivity index (χ1v) is 7.48. The zero-order valence-corrected chi connectivity index (χ0v) is 12.0. The number of fused-ring (bicyclic) bond motifs is 3. The summed E-state index contributed by atoms with van der Waals surface area (Å²) in [7, 11) is 0. The minimum atomic E-state index is -0.770. The Kier molecular flexibility index (Phi) is 3.40. The SMILES string of the molecule is CCc1ccc2c(c1)sc1nnc(CCCC(=O)O)n12. The van der Waals surface area contributed by atoms with Crippen LogP contribution in [0.3, 0.4) is 0 Å². The summed E-state index contributed by atoms with van der Waals surface area (Å²) < 4.78 is 3.25. The highest BCUT2D eigenvalue weighted by Crippen LogP contribution is 2.27. The maximum Gasteiger partial charge on any atom is 0.303 e. The minimum Gasteiger partial charge on any atom is -0.481 e. The second-order valence-electron chi connectivity index (χ2n) is 4.74. The van der Waals surface area contributed by atoms with E-state index in [1.54, 1.807) is 11.3 Å². The number of hydrogen-bond acceptors (Lipinski definition) is 4. The highest BCUT2D eigenvalue weighted by Gasteiger charge is 2.12. The van der Waals surface area contributed by atoms with Crippen LogP contribution < -0.4 is 0 Å². The molecule has 0 atom stereocenters. The molecule has 3 rings (SSSR count). The lowest BCUT2D eigenvalue weighted by Crippen LogP contribution is -1.99. The Morgan fingerprint density at radius 1 is 1.40 bits per heavy atom. The first-order chi connectivity index (χ1) is 9.69. The summed E-state index contributed by atoms with van der Waals surface area (Å²) in [5.74, 6) is 0.0743. The van der Waals surface area contributed by atoms with Crippen molar-refractivity contribution in [1.82, 2.24) is 14.6 Å². The molecule has 0 aliphatic heterocycles. The molecule has 0 bridgehead atoms. The van der Waals surface area contributed by atoms with Gasteiger partial charge in [-0.3, -0.25) is 9.20 Å². The maximum absolute atomic E-state index is 10.6. The molecule has 0 spiro atoms. The number of aryl methyl sites for hydroxylation is 2. The predicted octanol–water partition coefficient (Wildman–Crippen LogP) is 2.91. The van der Waals surface area contributed by atoms with Gasteiger partial charge in [0.2, 0.25) is 4.96 Å². The summed E-state index contributed by atoms with van der Waals surface area (Å²) in [6, 6.07) is 6.41. The maximum atomic E-state index is 10.6. The van der Waals surface area contributed by atoms with E-state index in [0.717, 1.165) is 22.7 Å². The Hall–Kier alpha value is -1.95. The number of benzene rings is 1. The van der Waals surface area contributed by atoms with Crippen LogP contribution in [-0.2, 0) is 17.6 Å². The lowest BCUT2D eigenvalue weighted by atomic mass is 10.1. The Morgan fingerprint density at radius 2 is 2.25 bits per heavy atom. The third-order valence-electron chi connectivity index (χ3n) is 3.37. The molecule has 2 heterocycles. The first kappa shape index (κ1) is 13.1. The largest absolute Gasteiger partial charge is 0.481 e. The minimum absolute atomic E-state index is 0.164. The fourth-order valence-electron chi connectivity index (χ4n) is 2.31. The predicted molar refractivity (Wildman–Crippen MR) is 78.3 cm³/mol. The third-order valence-corrected chi connectivity index (χ3v) is 4.36. The second kappa shape index (κ2) is 5.20. The summed E-state index contributed by atoms with van der Waals surface area (Å²) in [5.41, 5.74) is 2.42. The number of carboxylic acid groups (broad SMARTS) is 1. The number of aliphatic carboxylic acids is 1. The monoisotopic (exact) mass is 289 g/mol. The van der Waals surface area contributed by atoms with E-state index >= 15 is 0 Å². The number of carbonyl (C=O) groups is 1. The van der Waals surface area contributed by atoms with Gasteiger partial charge in [0, 0.05) is 12.8 Å². The van der Waals surface area contributed by atoms with E-state index in [2.05, 4.69) is 35.3 Å². The van der Waals surface area contributed by atoms with E-state index in [9.17, 15) is 4.79 Å². The van der Waals surface area contributed by atoms with Gasteiger partial charge in [-0.1, -0.05) is 24.3 Å². The van der Waals surface area contributed by atoms with Gasteiger partial charge in [-0.25, -0.2) is 0 Å². The van der Waals surface area contributed by atoms with Crippen molar-refractivity contribution in [3.05, 3.63) is 29.6 Å². The molecule has 1 N–H and O–H groups in total. The number of hydrogen-bond donors (Lipinski definition) is 1. The number of aromatic nitrogens is 3. The molecule has 5 nitrogen and oxygen atoms in total. The van der Waals surface area contributed by atoms with Crippen LogP contribution in [0.4, 0.5) is 0 Å². The van der Waals surface area contributed by atoms with E-state index in [-0.39, 0.29) is 6.42 Å². The quantitative estimate of drug-likeness (QED) is 0.784. The summed E-state index contributed by atoms with van der Waals surface area (Å²) in [6.45, 7) is 2.14. The first-order valence-electron chi connectivity index (χ1n) is 6.66. The zero-order chi connectivity index (χ0) is 14.1. The summed E-state index contributed by atoms with van der Waals surface area (Å²) in [6.07, 6.45) is 2.40. The average Bonchev–Trinajstić information content (AvgIpc) is 2.97. The standard InChI is InChI=1S/C14H15N3O2S/c1-2-9-6-7-10-11(8-9)20-14-16-15-12(17(10)14)4-3-5-13(18)19/h6-8H,2-5H2,1H3,(H,18,19). The van der Waals surface area contributed by atoms with Crippen LogP contribution in [0.15, 0.2) is 18.2 Å². The topological polar surface area (TPSA) is 67.5 Å². The van der Waals surface area contributed by atoms with Crippen LogP contribution >= 0.6 is 11.3 Å². The zero-order valence-electron chi connectivity index (χ0n) is 11.2. The molecule has 0 fully saturated rings. The van der Waals surface area contributed by atoms with Gasteiger partial charge >= 0.3 is 5.97 Å². The van der Waals surface area contributed by atoms with Crippen molar-refractivity contribution in [3.8, 4) is 0 Å². The van der Waals surface area contributed by atoms with Crippen molar-refractivity contribution in [2.75, 3.05) is 0 Å². The number of carboxylic acids is 1. The van der Waals surface area contributed by atoms with Crippen LogP contribution in [0, 0.1) is 0 Å². The Bertz CT molecular complexity index is 775. The molecule has 2 aromatic heterocycles. The fourth-order valence-corrected chi connectivity index (χ4v) is 3.36. The Labute approximate surface area is 119 Å². The van der Waals surface area contributed by atoms with Gasteiger partial charge in [-0.05, 0) is 30.5 Å². The number of thiazole rings is 1. The Balaban J connectivity index is 1.99. The smallest absolute Gasteiger partial charge is 0.303 e. The molecule has 104 valence electrons. The van der Waals surface area contributed by atoms with Crippen LogP contribution in [-0.4, -0.2) is 25.7 Å². The van der Waals surface area contributed by atoms with Gasteiger partial charge in [0.1, 0.15) is 5.82 Å². The normalized spacial score (nSPS) is 11.4. The molecular formula is C14H15N3O2S. The number of nitrogens with zero attached hydrogens (tertiary/aromatic N) is 3. The molecule has 0 radical (unpaired) electrons. The lowest BCUT2D eigenvalue weighted by molar-refractivity contribution is -0.137. The molecule has 0 aliphatic rings. The molecule has 3 aromatic rings. The van der Waals surface area contributed by atoms with Crippen LogP contribution in [0.25, 0.3) is 15.2 Å². The van der Waals surface area contributed by atoms with Gasteiger partial charge < -0.3 is 5.11 Å². The van der Waals surface area contributed by atoms with Gasteiger partial charge in [-0.2, -0.15) is 0 Å². The summed E-state index contributed by atoms with van der Waals surface area (Å²) in [5, 5.41) is 17.1. The van der Waals surface area contributed by atoms with E-state index < -0.39 is 5.97 Å². The molecule has 6 heteroatoms. The van der Waals surface area contributed by atoms with Crippen molar-refractivity contribution in [2.45, 2.75) is 32.6 Å². The van der Waals surface area contributed by atoms with Gasteiger partial charge in [0.25, 0.3) is 0 Å². The van der Waals surface area contributed by atoms with Gasteiger partial charge in [0.15, 0.2) is 0 Å². The van der Waals surface area contributed by atoms with E-state index in [1.807, 2.05) is 4.40 Å². The van der Waals surface area contributed by atoms with E-state index in [0.29, 0.717) is 12.8 Å². The molecule has 0 saturated heterocycles. The van der Waals surface area contributed by atoms with Crippen molar-refractivity contribution in [2.24, 2.45) is 0 Å². The number of rotatable bonds is 5. The molecule has 1 aromatic carbocycles. The highest BCUT2D eigenvalue weighted by atomic mass is 32.1. The fraction of sp³-hybridized carbons (Fsp3) is 0.357. The average molecular weight is 289 g/mol. The Morgan fingerprint density at radius 3 is 3.00 bits per heavy atom. The highest BCUT2D eigenvalue weighted by molar-refractivity contribution is 7.23. The van der Waals surface area contributed by atoms with E-state index in [1.165, 1.54) is 10.3 Å². The molecule has 0 aliphatic carbocycles. The molecule has 0 amide bonds. The van der Waals surface area contributed by atoms with Crippen LogP contribution in [0.5, 0.6) is 0 Å². The summed E-state index contributed by atoms with van der Waals surface area (Å²) >= 11 is 1.62. The molecule has 0 unspecified atom stereocenters. The van der Waals surface area contributed by atoms with Crippen molar-refractivity contribution >= 4 is 32.5 Å². The van der Waals surface area contributed by atoms with Crippen molar-refractivity contribution in [3.63, 3.8) is 0 Å². The van der Waals surface area contributed by atoms with Crippen molar-refractivity contribution in [1.29, 1.82) is 0 Å². The molecule has 20 heavy (non-hydrogen) atoms. The van der Waals surface area contributed by atoms with Gasteiger partial charge in [0.05, 0.1) is 10.2 Å². The lowest BCUT2D eigenvalue weighted by Gasteiger charge is -1.99. The van der Waals surface area contributed by atoms with Crippen LogP contribution in [0.1, 0.15) is 31.2 Å². The second-order valence-corrected chi connectivity index (χ2v) is 5.75. The van der Waals surface area contributed by atoms with Crippen LogP contribution in [0.2, 0.25) is 0 Å². The molecule has 0 saturated carbocycles. The third kappa shape index (κ3) is 2.27. The molecular weight excluding hydrogens is 274 g/mol. The van der Waals surface area contributed by atoms with E-state index in [4.69, 9.17) is 5.11 Å².